The van der Waals surface area contributed by atoms with Gasteiger partial charge in [0.2, 0.25) is 0 Å². The van der Waals surface area contributed by atoms with Crippen molar-refractivity contribution in [3.63, 3.8) is 0 Å². The maximum absolute atomic E-state index is 12.0. The Morgan fingerprint density at radius 3 is 2.46 bits per heavy atom. The lowest BCUT2D eigenvalue weighted by Crippen LogP contribution is -2.31. The number of nitro benzene ring substituents is 1. The third-order valence-corrected chi connectivity index (χ3v) is 4.04. The quantitative estimate of drug-likeness (QED) is 0.452. The van der Waals surface area contributed by atoms with Gasteiger partial charge in [0.1, 0.15) is 0 Å². The molecule has 2 aromatic carbocycles. The monoisotopic (exact) mass is 396 g/mol. The van der Waals surface area contributed by atoms with Crippen LogP contribution >= 0.6 is 23.2 Å². The summed E-state index contributed by atoms with van der Waals surface area (Å²) in [5.74, 6) is -1.45. The van der Waals surface area contributed by atoms with Gasteiger partial charge in [-0.05, 0) is 30.7 Å². The van der Waals surface area contributed by atoms with Crippen molar-refractivity contribution in [3.8, 4) is 0 Å². The van der Waals surface area contributed by atoms with E-state index < -0.39 is 23.4 Å². The van der Waals surface area contributed by atoms with Crippen LogP contribution in [0.5, 0.6) is 0 Å². The van der Waals surface area contributed by atoms with Gasteiger partial charge in [-0.15, -0.1) is 0 Å². The number of rotatable bonds is 6. The van der Waals surface area contributed by atoms with Crippen molar-refractivity contribution in [1.82, 2.24) is 5.32 Å². The van der Waals surface area contributed by atoms with Crippen LogP contribution in [0.15, 0.2) is 42.5 Å². The molecule has 0 spiro atoms. The van der Waals surface area contributed by atoms with Gasteiger partial charge < -0.3 is 10.1 Å². The number of benzene rings is 2. The van der Waals surface area contributed by atoms with E-state index in [1.807, 2.05) is 0 Å². The van der Waals surface area contributed by atoms with Crippen LogP contribution in [-0.2, 0) is 9.53 Å². The molecule has 1 amide bonds. The van der Waals surface area contributed by atoms with Crippen molar-refractivity contribution in [1.29, 1.82) is 0 Å². The van der Waals surface area contributed by atoms with E-state index in [0.717, 1.165) is 11.6 Å². The zero-order valence-corrected chi connectivity index (χ0v) is 15.1. The number of hydrogen-bond acceptors (Lipinski definition) is 5. The first-order valence-corrected chi connectivity index (χ1v) is 8.19. The smallest absolute Gasteiger partial charge is 0.340 e. The molecule has 9 heteroatoms. The second-order valence-corrected chi connectivity index (χ2v) is 6.18. The van der Waals surface area contributed by atoms with Gasteiger partial charge in [0.25, 0.3) is 11.6 Å². The van der Waals surface area contributed by atoms with Crippen LogP contribution in [0.3, 0.4) is 0 Å². The number of nitrogens with one attached hydrogen (secondary N) is 1. The topological polar surface area (TPSA) is 98.5 Å². The number of non-ortho nitro benzene ring substituents is 1. The molecule has 26 heavy (non-hydrogen) atoms. The molecule has 0 unspecified atom stereocenters. The summed E-state index contributed by atoms with van der Waals surface area (Å²) in [7, 11) is 0. The van der Waals surface area contributed by atoms with Crippen molar-refractivity contribution in [2.45, 2.75) is 13.0 Å². The van der Waals surface area contributed by atoms with Gasteiger partial charge in [0, 0.05) is 17.2 Å². The van der Waals surface area contributed by atoms with Crippen LogP contribution in [0, 0.1) is 10.1 Å². The van der Waals surface area contributed by atoms with Gasteiger partial charge in [-0.3, -0.25) is 14.9 Å². The molecule has 0 aliphatic carbocycles. The fourth-order valence-corrected chi connectivity index (χ4v) is 2.43. The lowest BCUT2D eigenvalue weighted by molar-refractivity contribution is -0.384. The summed E-state index contributed by atoms with van der Waals surface area (Å²) in [6, 6.07) is 10.00. The Labute approximate surface area is 159 Å². The Kier molecular flexibility index (Phi) is 6.54. The van der Waals surface area contributed by atoms with E-state index in [9.17, 15) is 19.7 Å². The van der Waals surface area contributed by atoms with Gasteiger partial charge in [0.15, 0.2) is 6.61 Å². The van der Waals surface area contributed by atoms with E-state index in [1.165, 1.54) is 12.1 Å². The molecule has 2 rings (SSSR count). The molecule has 0 heterocycles. The number of amides is 1. The molecule has 0 saturated heterocycles. The standard InChI is InChI=1S/C17H14Cl2N2O5/c1-10(11-2-4-12(18)5-3-11)20-16(22)9-26-17(23)14-8-13(21(24)25)6-7-15(14)19/h2-8,10H,9H2,1H3,(H,20,22)/t10-/m1/s1. The highest BCUT2D eigenvalue weighted by molar-refractivity contribution is 6.33. The summed E-state index contributed by atoms with van der Waals surface area (Å²) in [4.78, 5) is 34.1. The van der Waals surface area contributed by atoms with Crippen molar-refractivity contribution in [2.24, 2.45) is 0 Å². The number of nitro groups is 1. The summed E-state index contributed by atoms with van der Waals surface area (Å²) < 4.78 is 4.88. The lowest BCUT2D eigenvalue weighted by Gasteiger charge is -2.14. The average Bonchev–Trinajstić information content (AvgIpc) is 2.60. The summed E-state index contributed by atoms with van der Waals surface area (Å²) in [6.07, 6.45) is 0. The van der Waals surface area contributed by atoms with E-state index in [1.54, 1.807) is 31.2 Å². The zero-order valence-electron chi connectivity index (χ0n) is 13.6. The predicted molar refractivity (Wildman–Crippen MR) is 96.4 cm³/mol. The van der Waals surface area contributed by atoms with Crippen molar-refractivity contribution >= 4 is 40.8 Å². The molecule has 0 saturated carbocycles. The minimum atomic E-state index is -0.923. The third-order valence-electron chi connectivity index (χ3n) is 3.46. The van der Waals surface area contributed by atoms with Crippen molar-refractivity contribution < 1.29 is 19.2 Å². The first-order chi connectivity index (χ1) is 12.3. The number of halogens is 2. The van der Waals surface area contributed by atoms with E-state index in [-0.39, 0.29) is 22.3 Å². The van der Waals surface area contributed by atoms with Gasteiger partial charge in [-0.1, -0.05) is 35.3 Å². The second kappa shape index (κ2) is 8.64. The molecule has 1 atom stereocenters. The number of nitrogens with zero attached hydrogens (tertiary/aromatic N) is 1. The number of hydrogen-bond donors (Lipinski definition) is 1. The van der Waals surface area contributed by atoms with Gasteiger partial charge in [0.05, 0.1) is 21.6 Å². The fourth-order valence-electron chi connectivity index (χ4n) is 2.11. The fraction of sp³-hybridized carbons (Fsp3) is 0.176. The molecule has 7 nitrogen and oxygen atoms in total. The molecule has 0 bridgehead atoms. The normalized spacial score (nSPS) is 11.5. The van der Waals surface area contributed by atoms with Gasteiger partial charge in [-0.2, -0.15) is 0 Å². The molecule has 136 valence electrons. The molecule has 2 aromatic rings. The van der Waals surface area contributed by atoms with Crippen LogP contribution in [0.2, 0.25) is 10.0 Å². The van der Waals surface area contributed by atoms with Crippen LogP contribution in [0.25, 0.3) is 0 Å². The van der Waals surface area contributed by atoms with Crippen LogP contribution in [0.4, 0.5) is 5.69 Å². The molecule has 0 fully saturated rings. The average molecular weight is 397 g/mol. The SMILES string of the molecule is C[C@@H](NC(=O)COC(=O)c1cc([N+](=O)[O-])ccc1Cl)c1ccc(Cl)cc1. The summed E-state index contributed by atoms with van der Waals surface area (Å²) in [6.45, 7) is 1.22. The molecule has 0 radical (unpaired) electrons. The zero-order chi connectivity index (χ0) is 19.3. The second-order valence-electron chi connectivity index (χ2n) is 5.34. The van der Waals surface area contributed by atoms with Crippen LogP contribution in [-0.4, -0.2) is 23.4 Å². The Balaban J connectivity index is 1.94. The molecular weight excluding hydrogens is 383 g/mol. The maximum atomic E-state index is 12.0. The van der Waals surface area contributed by atoms with Crippen LogP contribution in [0.1, 0.15) is 28.9 Å². The summed E-state index contributed by atoms with van der Waals surface area (Å²) in [5.41, 5.74) is 0.345. The highest BCUT2D eigenvalue weighted by atomic mass is 35.5. The van der Waals surface area contributed by atoms with E-state index >= 15 is 0 Å². The van der Waals surface area contributed by atoms with Crippen molar-refractivity contribution in [3.05, 3.63) is 73.8 Å². The molecule has 0 aliphatic heterocycles. The number of esters is 1. The number of carbonyl (C=O) groups is 2. The lowest BCUT2D eigenvalue weighted by atomic mass is 10.1. The predicted octanol–water partition coefficient (Wildman–Crippen LogP) is 3.94. The highest BCUT2D eigenvalue weighted by Gasteiger charge is 2.18. The first-order valence-electron chi connectivity index (χ1n) is 7.44. The minimum Gasteiger partial charge on any atom is -0.452 e. The Morgan fingerprint density at radius 2 is 1.85 bits per heavy atom. The first kappa shape index (κ1) is 19.7. The summed E-state index contributed by atoms with van der Waals surface area (Å²) in [5, 5.41) is 14.0. The Bertz CT molecular complexity index is 840. The molecule has 0 aliphatic rings. The van der Waals surface area contributed by atoms with E-state index in [4.69, 9.17) is 27.9 Å². The minimum absolute atomic E-state index is 0.00413. The third kappa shape index (κ3) is 5.18. The van der Waals surface area contributed by atoms with E-state index in [2.05, 4.69) is 5.32 Å². The summed E-state index contributed by atoms with van der Waals surface area (Å²) >= 11 is 11.7. The maximum Gasteiger partial charge on any atom is 0.340 e. The van der Waals surface area contributed by atoms with Crippen LogP contribution < -0.4 is 5.32 Å². The highest BCUT2D eigenvalue weighted by Crippen LogP contribution is 2.23. The number of carbonyl (C=O) groups excluding carboxylic acids is 2. The largest absolute Gasteiger partial charge is 0.452 e. The Morgan fingerprint density at radius 1 is 1.19 bits per heavy atom. The van der Waals surface area contributed by atoms with E-state index in [0.29, 0.717) is 5.02 Å². The van der Waals surface area contributed by atoms with Crippen molar-refractivity contribution in [2.75, 3.05) is 6.61 Å². The Hall–Kier alpha value is -2.64. The molecule has 0 aromatic heterocycles. The molecular formula is C17H14Cl2N2O5. The number of ether oxygens (including phenoxy) is 1. The van der Waals surface area contributed by atoms with Gasteiger partial charge in [-0.25, -0.2) is 4.79 Å². The van der Waals surface area contributed by atoms with Gasteiger partial charge >= 0.3 is 5.97 Å². The molecule has 1 N–H and O–H groups in total.